The third-order valence-corrected chi connectivity index (χ3v) is 5.93. The molecule has 5 nitrogen and oxygen atoms in total. The van der Waals surface area contributed by atoms with Gasteiger partial charge in [-0.25, -0.2) is 0 Å². The SMILES string of the molecule is CCOCC1(CNC2CC2c2ccccc2)CCN(CCC(=O)O)CC1. The minimum Gasteiger partial charge on any atom is -0.481 e. The maximum atomic E-state index is 10.8. The topological polar surface area (TPSA) is 61.8 Å². The lowest BCUT2D eigenvalue weighted by molar-refractivity contribution is -0.137. The maximum absolute atomic E-state index is 10.8. The first-order chi connectivity index (χ1) is 12.6. The van der Waals surface area contributed by atoms with Gasteiger partial charge in [-0.1, -0.05) is 30.3 Å². The highest BCUT2D eigenvalue weighted by atomic mass is 16.5. The molecule has 2 fully saturated rings. The molecule has 2 aliphatic rings. The molecule has 0 aromatic heterocycles. The van der Waals surface area contributed by atoms with Gasteiger partial charge < -0.3 is 20.1 Å². The second kappa shape index (κ2) is 8.98. The van der Waals surface area contributed by atoms with Crippen LogP contribution in [0.15, 0.2) is 30.3 Å². The molecular weight excluding hydrogens is 328 g/mol. The Morgan fingerprint density at radius 1 is 1.31 bits per heavy atom. The van der Waals surface area contributed by atoms with E-state index in [-0.39, 0.29) is 11.8 Å². The van der Waals surface area contributed by atoms with Gasteiger partial charge in [0.05, 0.1) is 13.0 Å². The molecule has 5 heteroatoms. The monoisotopic (exact) mass is 360 g/mol. The maximum Gasteiger partial charge on any atom is 0.304 e. The molecule has 1 heterocycles. The summed E-state index contributed by atoms with van der Waals surface area (Å²) in [7, 11) is 0. The fraction of sp³-hybridized carbons (Fsp3) is 0.667. The second-order valence-corrected chi connectivity index (χ2v) is 7.86. The third kappa shape index (κ3) is 5.29. The molecule has 1 aromatic rings. The van der Waals surface area contributed by atoms with Crippen LogP contribution in [0.25, 0.3) is 0 Å². The standard InChI is InChI=1S/C21H32N2O3/c1-2-26-16-21(9-12-23(13-10-21)11-8-20(24)25)15-22-19-14-18(19)17-6-4-3-5-7-17/h3-7,18-19,22H,2,8-16H2,1H3,(H,24,25). The molecule has 0 radical (unpaired) electrons. The molecular formula is C21H32N2O3. The Kier molecular flexibility index (Phi) is 6.68. The number of likely N-dealkylation sites (tertiary alicyclic amines) is 1. The zero-order valence-corrected chi connectivity index (χ0v) is 15.8. The molecule has 0 spiro atoms. The minimum atomic E-state index is -0.710. The summed E-state index contributed by atoms with van der Waals surface area (Å²) < 4.78 is 5.82. The van der Waals surface area contributed by atoms with Crippen LogP contribution in [0.2, 0.25) is 0 Å². The number of ether oxygens (including phenoxy) is 1. The normalized spacial score (nSPS) is 25.1. The van der Waals surface area contributed by atoms with E-state index in [0.717, 1.165) is 45.7 Å². The Balaban J connectivity index is 1.48. The molecule has 2 unspecified atom stereocenters. The largest absolute Gasteiger partial charge is 0.481 e. The van der Waals surface area contributed by atoms with Crippen molar-refractivity contribution in [2.75, 3.05) is 39.4 Å². The van der Waals surface area contributed by atoms with Crippen molar-refractivity contribution in [2.45, 2.75) is 44.6 Å². The zero-order chi connectivity index (χ0) is 18.4. The van der Waals surface area contributed by atoms with Gasteiger partial charge in [0.15, 0.2) is 0 Å². The summed E-state index contributed by atoms with van der Waals surface area (Å²) >= 11 is 0. The van der Waals surface area contributed by atoms with Crippen molar-refractivity contribution >= 4 is 5.97 Å². The summed E-state index contributed by atoms with van der Waals surface area (Å²) in [4.78, 5) is 13.1. The van der Waals surface area contributed by atoms with E-state index < -0.39 is 5.97 Å². The number of hydrogen-bond acceptors (Lipinski definition) is 4. The van der Waals surface area contributed by atoms with Gasteiger partial charge in [-0.05, 0) is 44.8 Å². The predicted molar refractivity (Wildman–Crippen MR) is 102 cm³/mol. The van der Waals surface area contributed by atoms with Crippen molar-refractivity contribution < 1.29 is 14.6 Å². The lowest BCUT2D eigenvalue weighted by Crippen LogP contribution is -2.48. The number of nitrogens with one attached hydrogen (secondary N) is 1. The summed E-state index contributed by atoms with van der Waals surface area (Å²) in [5.74, 6) is -0.0606. The smallest absolute Gasteiger partial charge is 0.304 e. The summed E-state index contributed by atoms with van der Waals surface area (Å²) in [5, 5.41) is 12.7. The molecule has 1 saturated carbocycles. The van der Waals surface area contributed by atoms with Crippen LogP contribution >= 0.6 is 0 Å². The molecule has 1 aromatic carbocycles. The predicted octanol–water partition coefficient (Wildman–Crippen LogP) is 2.73. The van der Waals surface area contributed by atoms with Crippen molar-refractivity contribution in [3.05, 3.63) is 35.9 Å². The fourth-order valence-corrected chi connectivity index (χ4v) is 4.03. The molecule has 0 bridgehead atoms. The molecule has 26 heavy (non-hydrogen) atoms. The van der Waals surface area contributed by atoms with Gasteiger partial charge >= 0.3 is 5.97 Å². The summed E-state index contributed by atoms with van der Waals surface area (Å²) in [5.41, 5.74) is 1.62. The summed E-state index contributed by atoms with van der Waals surface area (Å²) in [6.07, 6.45) is 3.60. The van der Waals surface area contributed by atoms with E-state index in [0.29, 0.717) is 18.5 Å². The van der Waals surface area contributed by atoms with Gasteiger partial charge in [0.2, 0.25) is 0 Å². The molecule has 1 saturated heterocycles. The van der Waals surface area contributed by atoms with Crippen LogP contribution in [-0.2, 0) is 9.53 Å². The number of carboxylic acid groups (broad SMARTS) is 1. The molecule has 1 aliphatic heterocycles. The van der Waals surface area contributed by atoms with Crippen molar-refractivity contribution in [1.82, 2.24) is 10.2 Å². The molecule has 1 aliphatic carbocycles. The van der Waals surface area contributed by atoms with E-state index >= 15 is 0 Å². The molecule has 144 valence electrons. The van der Waals surface area contributed by atoms with E-state index in [1.807, 2.05) is 0 Å². The van der Waals surface area contributed by atoms with E-state index in [4.69, 9.17) is 9.84 Å². The van der Waals surface area contributed by atoms with Crippen LogP contribution in [-0.4, -0.2) is 61.4 Å². The number of aliphatic carboxylic acids is 1. The Morgan fingerprint density at radius 2 is 2.04 bits per heavy atom. The zero-order valence-electron chi connectivity index (χ0n) is 15.8. The van der Waals surface area contributed by atoms with Crippen molar-refractivity contribution in [1.29, 1.82) is 0 Å². The number of rotatable bonds is 10. The average molecular weight is 360 g/mol. The number of carbonyl (C=O) groups is 1. The Hall–Kier alpha value is -1.43. The van der Waals surface area contributed by atoms with Gasteiger partial charge in [0, 0.05) is 37.1 Å². The van der Waals surface area contributed by atoms with E-state index in [2.05, 4.69) is 47.5 Å². The third-order valence-electron chi connectivity index (χ3n) is 5.93. The summed E-state index contributed by atoms with van der Waals surface area (Å²) in [6.45, 7) is 7.19. The van der Waals surface area contributed by atoms with E-state index in [1.54, 1.807) is 0 Å². The lowest BCUT2D eigenvalue weighted by atomic mass is 9.78. The fourth-order valence-electron chi connectivity index (χ4n) is 4.03. The van der Waals surface area contributed by atoms with Crippen LogP contribution in [0.1, 0.15) is 44.1 Å². The van der Waals surface area contributed by atoms with Crippen LogP contribution in [0.3, 0.4) is 0 Å². The van der Waals surface area contributed by atoms with E-state index in [1.165, 1.54) is 12.0 Å². The molecule has 3 rings (SSSR count). The van der Waals surface area contributed by atoms with Crippen LogP contribution < -0.4 is 5.32 Å². The Morgan fingerprint density at radius 3 is 2.69 bits per heavy atom. The first-order valence-electron chi connectivity index (χ1n) is 9.92. The van der Waals surface area contributed by atoms with Gasteiger partial charge in [-0.15, -0.1) is 0 Å². The Bertz CT molecular complexity index is 570. The highest BCUT2D eigenvalue weighted by Crippen LogP contribution is 2.41. The molecule has 2 atom stereocenters. The highest BCUT2D eigenvalue weighted by molar-refractivity contribution is 5.66. The van der Waals surface area contributed by atoms with Crippen LogP contribution in [0.5, 0.6) is 0 Å². The summed E-state index contributed by atoms with van der Waals surface area (Å²) in [6, 6.07) is 11.3. The van der Waals surface area contributed by atoms with Crippen molar-refractivity contribution in [2.24, 2.45) is 5.41 Å². The average Bonchev–Trinajstić information content (AvgIpc) is 3.45. The lowest BCUT2D eigenvalue weighted by Gasteiger charge is -2.42. The number of piperidine rings is 1. The quantitative estimate of drug-likeness (QED) is 0.672. The first-order valence-corrected chi connectivity index (χ1v) is 9.92. The number of carboxylic acids is 1. The molecule has 0 amide bonds. The number of benzene rings is 1. The van der Waals surface area contributed by atoms with Gasteiger partial charge in [0.1, 0.15) is 0 Å². The van der Waals surface area contributed by atoms with Crippen LogP contribution in [0, 0.1) is 5.41 Å². The Labute approximate surface area is 156 Å². The first kappa shape index (κ1) is 19.3. The number of hydrogen-bond donors (Lipinski definition) is 2. The second-order valence-electron chi connectivity index (χ2n) is 7.86. The highest BCUT2D eigenvalue weighted by Gasteiger charge is 2.41. The van der Waals surface area contributed by atoms with E-state index in [9.17, 15) is 4.79 Å². The van der Waals surface area contributed by atoms with Crippen molar-refractivity contribution in [3.63, 3.8) is 0 Å². The van der Waals surface area contributed by atoms with Gasteiger partial charge in [0.25, 0.3) is 0 Å². The van der Waals surface area contributed by atoms with Crippen LogP contribution in [0.4, 0.5) is 0 Å². The number of nitrogens with zero attached hydrogens (tertiary/aromatic N) is 1. The van der Waals surface area contributed by atoms with Gasteiger partial charge in [-0.3, -0.25) is 4.79 Å². The van der Waals surface area contributed by atoms with Crippen molar-refractivity contribution in [3.8, 4) is 0 Å². The van der Waals surface area contributed by atoms with Gasteiger partial charge in [-0.2, -0.15) is 0 Å². The molecule has 2 N–H and O–H groups in total. The minimum absolute atomic E-state index is 0.180.